The third-order valence-electron chi connectivity index (χ3n) is 14.6. The molecule has 0 aromatic heterocycles. The number of rotatable bonds is 62. The zero-order valence-corrected chi connectivity index (χ0v) is 54.2. The molecule has 0 aromatic rings. The van der Waals surface area contributed by atoms with Gasteiger partial charge in [-0.1, -0.05) is 309 Å². The molecule has 1 atom stereocenters. The van der Waals surface area contributed by atoms with Crippen molar-refractivity contribution in [3.63, 3.8) is 0 Å². The minimum Gasteiger partial charge on any atom is -0.462 e. The van der Waals surface area contributed by atoms with Crippen LogP contribution in [-0.4, -0.2) is 37.2 Å². The van der Waals surface area contributed by atoms with Gasteiger partial charge < -0.3 is 14.2 Å². The number of carbonyl (C=O) groups is 3. The molecule has 0 N–H and O–H groups in total. The SMILES string of the molecule is CC/C=C\C/C=C\C/C=C\C/C=C\C/C=C\C/C=C\CCC(=O)OC(COC(=O)CCCCC/C=C\C/C=C\C/C=C\CC)COC(=O)CCCCCCCCCCCCCCCCCCCCCCC/C=C\C/C=C\CCCCCCC. The van der Waals surface area contributed by atoms with Gasteiger partial charge in [0, 0.05) is 19.3 Å². The molecule has 472 valence electrons. The van der Waals surface area contributed by atoms with Crippen LogP contribution in [0.2, 0.25) is 0 Å². The van der Waals surface area contributed by atoms with Crippen LogP contribution in [0.5, 0.6) is 0 Å². The number of hydrogen-bond acceptors (Lipinski definition) is 6. The molecule has 0 amide bonds. The molecule has 0 fully saturated rings. The maximum absolute atomic E-state index is 12.9. The van der Waals surface area contributed by atoms with Crippen molar-refractivity contribution < 1.29 is 28.6 Å². The first-order valence-corrected chi connectivity index (χ1v) is 34.7. The van der Waals surface area contributed by atoms with Crippen molar-refractivity contribution in [1.82, 2.24) is 0 Å². The number of esters is 3. The van der Waals surface area contributed by atoms with Crippen LogP contribution in [0.4, 0.5) is 0 Å². The first-order valence-electron chi connectivity index (χ1n) is 34.7. The Morgan fingerprint density at radius 1 is 0.253 bits per heavy atom. The van der Waals surface area contributed by atoms with Gasteiger partial charge in [-0.15, -0.1) is 0 Å². The van der Waals surface area contributed by atoms with E-state index in [-0.39, 0.29) is 31.6 Å². The third kappa shape index (κ3) is 68.2. The van der Waals surface area contributed by atoms with Gasteiger partial charge in [0.15, 0.2) is 6.10 Å². The summed E-state index contributed by atoms with van der Waals surface area (Å²) in [6.45, 7) is 6.33. The van der Waals surface area contributed by atoms with Crippen LogP contribution in [0.25, 0.3) is 0 Å². The van der Waals surface area contributed by atoms with Crippen molar-refractivity contribution >= 4 is 17.9 Å². The molecule has 6 heteroatoms. The number of ether oxygens (including phenoxy) is 3. The highest BCUT2D eigenvalue weighted by molar-refractivity contribution is 5.71. The van der Waals surface area contributed by atoms with Gasteiger partial charge in [-0.2, -0.15) is 0 Å². The fraction of sp³-hybridized carbons (Fsp3) is 0.675. The summed E-state index contributed by atoms with van der Waals surface area (Å²) >= 11 is 0. The molecule has 0 aliphatic rings. The van der Waals surface area contributed by atoms with Gasteiger partial charge in [0.1, 0.15) is 13.2 Å². The van der Waals surface area contributed by atoms with E-state index in [4.69, 9.17) is 14.2 Å². The van der Waals surface area contributed by atoms with Gasteiger partial charge in [0.05, 0.1) is 0 Å². The lowest BCUT2D eigenvalue weighted by Crippen LogP contribution is -2.30. The lowest BCUT2D eigenvalue weighted by atomic mass is 10.0. The number of allylic oxidation sites excluding steroid dienone is 22. The Balaban J connectivity index is 4.26. The average molecular weight is 1150 g/mol. The Kier molecular flexibility index (Phi) is 66.3. The monoisotopic (exact) mass is 1150 g/mol. The van der Waals surface area contributed by atoms with Crippen molar-refractivity contribution in [2.45, 2.75) is 322 Å². The Morgan fingerprint density at radius 3 is 0.795 bits per heavy atom. The Morgan fingerprint density at radius 2 is 0.494 bits per heavy atom. The lowest BCUT2D eigenvalue weighted by Gasteiger charge is -2.18. The van der Waals surface area contributed by atoms with Gasteiger partial charge in [-0.05, 0) is 122 Å². The predicted octanol–water partition coefficient (Wildman–Crippen LogP) is 24.1. The molecule has 0 aliphatic carbocycles. The number of carbonyl (C=O) groups excluding carboxylic acids is 3. The van der Waals surface area contributed by atoms with Crippen LogP contribution in [0, 0.1) is 0 Å². The second kappa shape index (κ2) is 70.0. The largest absolute Gasteiger partial charge is 0.462 e. The summed E-state index contributed by atoms with van der Waals surface area (Å²) < 4.78 is 16.8. The van der Waals surface area contributed by atoms with E-state index in [1.807, 2.05) is 6.08 Å². The van der Waals surface area contributed by atoms with E-state index in [1.54, 1.807) is 0 Å². The summed E-state index contributed by atoms with van der Waals surface area (Å²) in [7, 11) is 0. The molecule has 0 saturated carbocycles. The molecule has 6 nitrogen and oxygen atoms in total. The quantitative estimate of drug-likeness (QED) is 0.0261. The molecular weight excluding hydrogens is 1020 g/mol. The fourth-order valence-electron chi connectivity index (χ4n) is 9.52. The molecule has 83 heavy (non-hydrogen) atoms. The van der Waals surface area contributed by atoms with Crippen LogP contribution in [-0.2, 0) is 28.6 Å². The van der Waals surface area contributed by atoms with Crippen LogP contribution in [0.3, 0.4) is 0 Å². The zero-order valence-electron chi connectivity index (χ0n) is 54.2. The van der Waals surface area contributed by atoms with E-state index >= 15 is 0 Å². The van der Waals surface area contributed by atoms with Crippen molar-refractivity contribution in [3.8, 4) is 0 Å². The summed E-state index contributed by atoms with van der Waals surface area (Å²) in [6.07, 6.45) is 99.4. The second-order valence-corrected chi connectivity index (χ2v) is 22.7. The van der Waals surface area contributed by atoms with Gasteiger partial charge in [-0.25, -0.2) is 0 Å². The lowest BCUT2D eigenvalue weighted by molar-refractivity contribution is -0.166. The molecule has 0 saturated heterocycles. The number of unbranched alkanes of at least 4 members (excludes halogenated alkanes) is 29. The first-order chi connectivity index (χ1) is 41.0. The van der Waals surface area contributed by atoms with E-state index in [0.29, 0.717) is 19.3 Å². The number of hydrogen-bond donors (Lipinski definition) is 0. The summed E-state index contributed by atoms with van der Waals surface area (Å²) in [5.41, 5.74) is 0. The highest BCUT2D eigenvalue weighted by Gasteiger charge is 2.19. The molecule has 0 aromatic carbocycles. The van der Waals surface area contributed by atoms with Crippen LogP contribution in [0.15, 0.2) is 134 Å². The van der Waals surface area contributed by atoms with Gasteiger partial charge >= 0.3 is 17.9 Å². The van der Waals surface area contributed by atoms with Gasteiger partial charge in [-0.3, -0.25) is 14.4 Å². The van der Waals surface area contributed by atoms with Crippen LogP contribution >= 0.6 is 0 Å². The second-order valence-electron chi connectivity index (χ2n) is 22.7. The molecule has 0 rings (SSSR count). The summed E-state index contributed by atoms with van der Waals surface area (Å²) in [5, 5.41) is 0. The molecule has 1 unspecified atom stereocenters. The van der Waals surface area contributed by atoms with Crippen LogP contribution in [0.1, 0.15) is 316 Å². The molecular formula is C77H128O6. The summed E-state index contributed by atoms with van der Waals surface area (Å²) in [4.78, 5) is 38.3. The van der Waals surface area contributed by atoms with E-state index in [1.165, 1.54) is 161 Å². The van der Waals surface area contributed by atoms with Crippen molar-refractivity contribution in [2.24, 2.45) is 0 Å². The van der Waals surface area contributed by atoms with Crippen molar-refractivity contribution in [3.05, 3.63) is 134 Å². The highest BCUT2D eigenvalue weighted by Crippen LogP contribution is 2.17. The van der Waals surface area contributed by atoms with E-state index in [9.17, 15) is 14.4 Å². The fourth-order valence-corrected chi connectivity index (χ4v) is 9.52. The topological polar surface area (TPSA) is 78.9 Å². The minimum atomic E-state index is -0.835. The average Bonchev–Trinajstić information content (AvgIpc) is 3.49. The maximum Gasteiger partial charge on any atom is 0.306 e. The standard InChI is InChI=1S/C77H128O6/c1-4-7-10-13-16-19-22-25-27-29-31-32-33-34-35-36-37-38-39-40-41-42-43-44-46-47-49-52-55-58-61-64-67-70-76(79)82-73-74(72-81-75(78)69-66-63-60-57-54-51-24-21-18-15-12-9-6-3)83-77(80)71-68-65-62-59-56-53-50-48-45-30-28-26-23-20-17-14-11-8-5-2/h8-9,11-12,17-18,20-22,25-26,28-29,31,45,48,51,53-54,56,62,65,74H,4-7,10,13-16,19,23-24,27,30,32-44,46-47,49-50,52,55,57-61,63-64,66-73H2,1-3H3/b11-8-,12-9-,20-17-,21-18-,25-22-,28-26-,31-29-,48-45-,54-51-,56-53-,65-62-. The normalized spacial score (nSPS) is 13.0. The molecule has 0 aliphatic heterocycles. The van der Waals surface area contributed by atoms with Gasteiger partial charge in [0.25, 0.3) is 0 Å². The predicted molar refractivity (Wildman–Crippen MR) is 362 cm³/mol. The smallest absolute Gasteiger partial charge is 0.306 e. The van der Waals surface area contributed by atoms with E-state index in [2.05, 4.69) is 148 Å². The Labute approximate surface area is 513 Å². The minimum absolute atomic E-state index is 0.119. The van der Waals surface area contributed by atoms with Crippen LogP contribution < -0.4 is 0 Å². The van der Waals surface area contributed by atoms with E-state index < -0.39 is 12.1 Å². The Hall–Kier alpha value is -4.45. The maximum atomic E-state index is 12.9. The van der Waals surface area contributed by atoms with Crippen molar-refractivity contribution in [2.75, 3.05) is 13.2 Å². The van der Waals surface area contributed by atoms with Crippen molar-refractivity contribution in [1.29, 1.82) is 0 Å². The molecule has 0 radical (unpaired) electrons. The van der Waals surface area contributed by atoms with Gasteiger partial charge in [0.2, 0.25) is 0 Å². The third-order valence-corrected chi connectivity index (χ3v) is 14.6. The summed E-state index contributed by atoms with van der Waals surface area (Å²) in [5.74, 6) is -1.03. The van der Waals surface area contributed by atoms with E-state index in [0.717, 1.165) is 109 Å². The molecule has 0 bridgehead atoms. The molecule has 0 heterocycles. The summed E-state index contributed by atoms with van der Waals surface area (Å²) in [6, 6.07) is 0. The Bertz CT molecular complexity index is 1750. The molecule has 0 spiro atoms. The first kappa shape index (κ1) is 78.5. The highest BCUT2D eigenvalue weighted by atomic mass is 16.6. The zero-order chi connectivity index (χ0) is 59.9.